The van der Waals surface area contributed by atoms with Gasteiger partial charge in [0.15, 0.2) is 0 Å². The van der Waals surface area contributed by atoms with Crippen LogP contribution in [0.1, 0.15) is 55.7 Å². The predicted octanol–water partition coefficient (Wildman–Crippen LogP) is 4.08. The topological polar surface area (TPSA) is 72.5 Å². The van der Waals surface area contributed by atoms with Crippen LogP contribution >= 0.6 is 0 Å². The fraction of sp³-hybridized carbons (Fsp3) is 0.455. The smallest absolute Gasteiger partial charge is 0.317 e. The molecule has 0 saturated carbocycles. The molecule has 6 nitrogen and oxygen atoms in total. The monoisotopic (exact) mass is 380 g/mol. The van der Waals surface area contributed by atoms with Crippen molar-refractivity contribution in [3.63, 3.8) is 0 Å². The highest BCUT2D eigenvalue weighted by Crippen LogP contribution is 2.25. The Morgan fingerprint density at radius 2 is 2.00 bits per heavy atom. The zero-order chi connectivity index (χ0) is 19.9. The Bertz CT molecular complexity index is 789. The summed E-state index contributed by atoms with van der Waals surface area (Å²) < 4.78 is 5.63. The van der Waals surface area contributed by atoms with E-state index in [1.54, 1.807) is 18.4 Å². The first-order valence-corrected chi connectivity index (χ1v) is 9.96. The van der Waals surface area contributed by atoms with Crippen molar-refractivity contribution in [1.82, 2.24) is 15.1 Å². The number of nitrogens with zero attached hydrogens (tertiary/aromatic N) is 3. The fourth-order valence-corrected chi connectivity index (χ4v) is 3.84. The van der Waals surface area contributed by atoms with E-state index in [1.807, 2.05) is 43.0 Å². The second kappa shape index (κ2) is 9.43. The van der Waals surface area contributed by atoms with Crippen LogP contribution in [-0.4, -0.2) is 42.0 Å². The molecule has 1 fully saturated rings. The highest BCUT2D eigenvalue weighted by Gasteiger charge is 2.27. The molecular weight excluding hydrogens is 352 g/mol. The third-order valence-electron chi connectivity index (χ3n) is 5.49. The molecule has 28 heavy (non-hydrogen) atoms. The van der Waals surface area contributed by atoms with Crippen LogP contribution in [0.15, 0.2) is 47.1 Å². The highest BCUT2D eigenvalue weighted by atomic mass is 16.3. The molecule has 3 rings (SSSR count). The van der Waals surface area contributed by atoms with Gasteiger partial charge in [-0.1, -0.05) is 12.1 Å². The number of carbonyl (C=O) groups is 1. The number of nitrogens with one attached hydrogen (secondary N) is 1. The third-order valence-corrected chi connectivity index (χ3v) is 5.49. The lowest BCUT2D eigenvalue weighted by Gasteiger charge is -2.31. The van der Waals surface area contributed by atoms with Crippen molar-refractivity contribution >= 4 is 6.03 Å². The minimum absolute atomic E-state index is 0.0605. The number of likely N-dealkylation sites (tertiary alicyclic amines) is 1. The lowest BCUT2D eigenvalue weighted by atomic mass is 10.1. The molecule has 1 aromatic carbocycles. The largest absolute Gasteiger partial charge is 0.468 e. The van der Waals surface area contributed by atoms with Crippen LogP contribution in [-0.2, 0) is 0 Å². The second-order valence-electron chi connectivity index (χ2n) is 7.16. The van der Waals surface area contributed by atoms with E-state index in [4.69, 9.17) is 9.68 Å². The molecule has 0 bridgehead atoms. The summed E-state index contributed by atoms with van der Waals surface area (Å²) in [5.74, 6) is 0.894. The van der Waals surface area contributed by atoms with Gasteiger partial charge in [0.05, 0.1) is 30.0 Å². The quantitative estimate of drug-likeness (QED) is 0.785. The van der Waals surface area contributed by atoms with Crippen LogP contribution in [0.25, 0.3) is 0 Å². The first-order chi connectivity index (χ1) is 13.6. The molecule has 2 atom stereocenters. The Morgan fingerprint density at radius 3 is 2.57 bits per heavy atom. The number of urea groups is 1. The number of benzene rings is 1. The molecule has 2 amide bonds. The molecule has 0 spiro atoms. The van der Waals surface area contributed by atoms with Gasteiger partial charge in [0.25, 0.3) is 0 Å². The number of hydrogen-bond acceptors (Lipinski definition) is 4. The van der Waals surface area contributed by atoms with Gasteiger partial charge in [-0.25, -0.2) is 4.79 Å². The summed E-state index contributed by atoms with van der Waals surface area (Å²) in [5, 5.41) is 12.1. The number of furan rings is 1. The van der Waals surface area contributed by atoms with Crippen molar-refractivity contribution < 1.29 is 9.21 Å². The number of amides is 2. The SMILES string of the molecule is CCN(C(=O)NC[C@@H](c1ccco1)N1CCCC1)[C@H](C)c1ccc(C#N)cc1. The summed E-state index contributed by atoms with van der Waals surface area (Å²) in [6, 6.07) is 13.3. The van der Waals surface area contributed by atoms with E-state index in [1.165, 1.54) is 12.8 Å². The number of hydrogen-bond donors (Lipinski definition) is 1. The minimum atomic E-state index is -0.0879. The van der Waals surface area contributed by atoms with Crippen LogP contribution in [0, 0.1) is 11.3 Å². The maximum Gasteiger partial charge on any atom is 0.317 e. The summed E-state index contributed by atoms with van der Waals surface area (Å²) in [6.45, 7) is 7.16. The molecule has 1 aliphatic heterocycles. The molecule has 1 saturated heterocycles. The summed E-state index contributed by atoms with van der Waals surface area (Å²) in [7, 11) is 0. The molecule has 0 radical (unpaired) electrons. The van der Waals surface area contributed by atoms with Gasteiger partial charge in [-0.3, -0.25) is 4.90 Å². The minimum Gasteiger partial charge on any atom is -0.468 e. The lowest BCUT2D eigenvalue weighted by Crippen LogP contribution is -2.44. The summed E-state index contributed by atoms with van der Waals surface area (Å²) >= 11 is 0. The Hall–Kier alpha value is -2.78. The molecule has 2 aromatic rings. The highest BCUT2D eigenvalue weighted by molar-refractivity contribution is 5.74. The number of carbonyl (C=O) groups excluding carboxylic acids is 1. The van der Waals surface area contributed by atoms with Gasteiger partial charge in [-0.05, 0) is 69.6 Å². The summed E-state index contributed by atoms with van der Waals surface area (Å²) in [6.07, 6.45) is 4.05. The Morgan fingerprint density at radius 1 is 1.29 bits per heavy atom. The van der Waals surface area contributed by atoms with E-state index in [9.17, 15) is 4.79 Å². The first kappa shape index (κ1) is 20.0. The van der Waals surface area contributed by atoms with Crippen molar-refractivity contribution in [2.45, 2.75) is 38.8 Å². The van der Waals surface area contributed by atoms with Crippen LogP contribution < -0.4 is 5.32 Å². The molecule has 1 aromatic heterocycles. The molecule has 1 aliphatic rings. The molecule has 0 unspecified atom stereocenters. The van der Waals surface area contributed by atoms with Gasteiger partial charge in [-0.2, -0.15) is 5.26 Å². The van der Waals surface area contributed by atoms with Crippen molar-refractivity contribution in [2.24, 2.45) is 0 Å². The van der Waals surface area contributed by atoms with Crippen molar-refractivity contribution in [3.8, 4) is 6.07 Å². The Balaban J connectivity index is 1.65. The second-order valence-corrected chi connectivity index (χ2v) is 7.16. The van der Waals surface area contributed by atoms with Gasteiger partial charge in [0.2, 0.25) is 0 Å². The third kappa shape index (κ3) is 4.55. The molecule has 1 N–H and O–H groups in total. The van der Waals surface area contributed by atoms with Crippen molar-refractivity contribution in [1.29, 1.82) is 5.26 Å². The van der Waals surface area contributed by atoms with E-state index >= 15 is 0 Å². The molecule has 0 aliphatic carbocycles. The standard InChI is InChI=1S/C22H28N4O2/c1-3-26(17(2)19-10-8-18(15-23)9-11-19)22(27)24-16-20(21-7-6-14-28-21)25-12-4-5-13-25/h6-11,14,17,20H,3-5,12-13,16H2,1-2H3,(H,24,27)/t17-,20+/m1/s1. The zero-order valence-corrected chi connectivity index (χ0v) is 16.6. The molecule has 6 heteroatoms. The van der Waals surface area contributed by atoms with Crippen LogP contribution in [0.2, 0.25) is 0 Å². The van der Waals surface area contributed by atoms with Crippen molar-refractivity contribution in [2.75, 3.05) is 26.2 Å². The first-order valence-electron chi connectivity index (χ1n) is 9.96. The van der Waals surface area contributed by atoms with E-state index in [0.717, 1.165) is 24.4 Å². The van der Waals surface area contributed by atoms with E-state index in [2.05, 4.69) is 16.3 Å². The normalized spacial score (nSPS) is 16.3. The molecule has 148 valence electrons. The summed E-state index contributed by atoms with van der Waals surface area (Å²) in [4.78, 5) is 17.1. The van der Waals surface area contributed by atoms with Crippen LogP contribution in [0.3, 0.4) is 0 Å². The van der Waals surface area contributed by atoms with Crippen LogP contribution in [0.4, 0.5) is 4.79 Å². The van der Waals surface area contributed by atoms with Crippen LogP contribution in [0.5, 0.6) is 0 Å². The average Bonchev–Trinajstić information content (AvgIpc) is 3.43. The summed E-state index contributed by atoms with van der Waals surface area (Å²) in [5.41, 5.74) is 1.63. The maximum atomic E-state index is 12.9. The maximum absolute atomic E-state index is 12.9. The average molecular weight is 380 g/mol. The fourth-order valence-electron chi connectivity index (χ4n) is 3.84. The molecule has 2 heterocycles. The van der Waals surface area contributed by atoms with Crippen molar-refractivity contribution in [3.05, 3.63) is 59.5 Å². The molecular formula is C22H28N4O2. The van der Waals surface area contributed by atoms with E-state index in [0.29, 0.717) is 18.7 Å². The zero-order valence-electron chi connectivity index (χ0n) is 16.6. The van der Waals surface area contributed by atoms with Gasteiger partial charge in [0.1, 0.15) is 5.76 Å². The van der Waals surface area contributed by atoms with Gasteiger partial charge in [0, 0.05) is 13.1 Å². The van der Waals surface area contributed by atoms with E-state index in [-0.39, 0.29) is 18.1 Å². The lowest BCUT2D eigenvalue weighted by molar-refractivity contribution is 0.170. The number of rotatable bonds is 7. The predicted molar refractivity (Wildman–Crippen MR) is 108 cm³/mol. The van der Waals surface area contributed by atoms with E-state index < -0.39 is 0 Å². The van der Waals surface area contributed by atoms with Gasteiger partial charge < -0.3 is 14.6 Å². The Kier molecular flexibility index (Phi) is 6.72. The Labute approximate surface area is 166 Å². The van der Waals surface area contributed by atoms with Gasteiger partial charge in [-0.15, -0.1) is 0 Å². The number of nitriles is 1. The van der Waals surface area contributed by atoms with Gasteiger partial charge >= 0.3 is 6.03 Å².